The van der Waals surface area contributed by atoms with Crippen LogP contribution in [-0.4, -0.2) is 30.4 Å². The summed E-state index contributed by atoms with van der Waals surface area (Å²) in [6.07, 6.45) is 3.87. The summed E-state index contributed by atoms with van der Waals surface area (Å²) in [7, 11) is 0. The van der Waals surface area contributed by atoms with E-state index in [0.717, 1.165) is 24.2 Å². The Balaban J connectivity index is 2.11. The molecule has 0 spiro atoms. The van der Waals surface area contributed by atoms with Gasteiger partial charge in [-0.1, -0.05) is 37.3 Å². The molecule has 1 N–H and O–H groups in total. The number of ether oxygens (including phenoxy) is 2. The van der Waals surface area contributed by atoms with Crippen molar-refractivity contribution in [2.45, 2.75) is 45.3 Å². The molecule has 0 amide bonds. The number of hydrogen-bond donors (Lipinski definition) is 1. The van der Waals surface area contributed by atoms with Crippen molar-refractivity contribution < 1.29 is 19.4 Å². The van der Waals surface area contributed by atoms with Crippen molar-refractivity contribution in [1.82, 2.24) is 0 Å². The molecule has 0 saturated carbocycles. The molecule has 0 aliphatic carbocycles. The molecule has 4 heteroatoms. The quantitative estimate of drug-likeness (QED) is 0.705. The summed E-state index contributed by atoms with van der Waals surface area (Å²) in [4.78, 5) is 10.7. The van der Waals surface area contributed by atoms with E-state index >= 15 is 0 Å². The fraction of sp³-hybridized carbons (Fsp3) is 0.500. The number of carboxylic acids is 1. The van der Waals surface area contributed by atoms with Gasteiger partial charge < -0.3 is 14.6 Å². The molecule has 4 nitrogen and oxygen atoms in total. The maximum absolute atomic E-state index is 10.7. The van der Waals surface area contributed by atoms with E-state index in [1.54, 1.807) is 0 Å². The molecule has 1 aromatic rings. The van der Waals surface area contributed by atoms with Crippen LogP contribution in [-0.2, 0) is 14.3 Å². The van der Waals surface area contributed by atoms with Crippen LogP contribution in [0.4, 0.5) is 0 Å². The van der Waals surface area contributed by atoms with Gasteiger partial charge in [0, 0.05) is 6.42 Å². The highest BCUT2D eigenvalue weighted by Crippen LogP contribution is 2.29. The van der Waals surface area contributed by atoms with Gasteiger partial charge in [-0.2, -0.15) is 0 Å². The van der Waals surface area contributed by atoms with Crippen LogP contribution in [0.3, 0.4) is 0 Å². The van der Waals surface area contributed by atoms with Gasteiger partial charge in [0.05, 0.1) is 19.3 Å². The van der Waals surface area contributed by atoms with Crippen molar-refractivity contribution >= 4 is 11.5 Å². The van der Waals surface area contributed by atoms with E-state index in [1.807, 2.05) is 25.1 Å². The molecule has 0 radical (unpaired) electrons. The van der Waals surface area contributed by atoms with E-state index in [9.17, 15) is 4.79 Å². The molecule has 1 saturated heterocycles. The first-order chi connectivity index (χ1) is 10.6. The third-order valence-electron chi connectivity index (χ3n) is 3.81. The van der Waals surface area contributed by atoms with Gasteiger partial charge in [-0.25, -0.2) is 0 Å². The molecule has 2 rings (SSSR count). The van der Waals surface area contributed by atoms with Crippen molar-refractivity contribution in [3.8, 4) is 0 Å². The molecule has 2 atom stereocenters. The van der Waals surface area contributed by atoms with Crippen LogP contribution >= 0.6 is 0 Å². The second-order valence-electron chi connectivity index (χ2n) is 5.53. The standard InChI is InChI=1S/C18H24O4/c1-3-14(7-6-10-18(19)20)17-9-5-4-8-16(17)13(2)21-11-15-12-22-15/h4-5,7-9,13,15H,3,6,10-12H2,1-2H3,(H,19,20)/b14-7+/t13-,15+/m1/s1. The maximum atomic E-state index is 10.7. The predicted octanol–water partition coefficient (Wildman–Crippen LogP) is 3.82. The predicted molar refractivity (Wildman–Crippen MR) is 85.7 cm³/mol. The second-order valence-corrected chi connectivity index (χ2v) is 5.53. The van der Waals surface area contributed by atoms with Gasteiger partial charge in [0.25, 0.3) is 0 Å². The van der Waals surface area contributed by atoms with E-state index in [1.165, 1.54) is 5.57 Å². The van der Waals surface area contributed by atoms with Crippen LogP contribution in [0.2, 0.25) is 0 Å². The molecule has 0 aromatic heterocycles. The summed E-state index contributed by atoms with van der Waals surface area (Å²) in [5.74, 6) is -0.763. The number of carboxylic acid groups (broad SMARTS) is 1. The molecular formula is C18H24O4. The van der Waals surface area contributed by atoms with E-state index in [4.69, 9.17) is 14.6 Å². The Morgan fingerprint density at radius 2 is 2.23 bits per heavy atom. The molecule has 1 aromatic carbocycles. The summed E-state index contributed by atoms with van der Waals surface area (Å²) in [6, 6.07) is 8.18. The number of rotatable bonds is 9. The number of benzene rings is 1. The van der Waals surface area contributed by atoms with Crippen molar-refractivity contribution in [3.63, 3.8) is 0 Å². The molecule has 0 bridgehead atoms. The lowest BCUT2D eigenvalue weighted by Crippen LogP contribution is -2.08. The van der Waals surface area contributed by atoms with Gasteiger partial charge in [-0.15, -0.1) is 0 Å². The van der Waals surface area contributed by atoms with E-state index in [-0.39, 0.29) is 18.6 Å². The Labute approximate surface area is 131 Å². The van der Waals surface area contributed by atoms with Crippen LogP contribution < -0.4 is 0 Å². The lowest BCUT2D eigenvalue weighted by molar-refractivity contribution is -0.136. The summed E-state index contributed by atoms with van der Waals surface area (Å²) < 4.78 is 11.1. The lowest BCUT2D eigenvalue weighted by Gasteiger charge is -2.18. The second kappa shape index (κ2) is 8.11. The SMILES string of the molecule is CC/C(=C\CCC(=O)O)c1ccccc1[C@@H](C)OC[C@H]1CO1. The molecule has 1 fully saturated rings. The van der Waals surface area contributed by atoms with Gasteiger partial charge in [0.15, 0.2) is 0 Å². The Bertz CT molecular complexity index is 532. The van der Waals surface area contributed by atoms with Crippen molar-refractivity contribution in [2.75, 3.05) is 13.2 Å². The van der Waals surface area contributed by atoms with Crippen molar-refractivity contribution in [2.24, 2.45) is 0 Å². The highest BCUT2D eigenvalue weighted by Gasteiger charge is 2.24. The molecule has 120 valence electrons. The zero-order valence-electron chi connectivity index (χ0n) is 13.2. The fourth-order valence-corrected chi connectivity index (χ4v) is 2.46. The number of aliphatic carboxylic acids is 1. The van der Waals surface area contributed by atoms with Gasteiger partial charge >= 0.3 is 5.97 Å². The zero-order chi connectivity index (χ0) is 15.9. The third-order valence-corrected chi connectivity index (χ3v) is 3.81. The third kappa shape index (κ3) is 4.97. The minimum Gasteiger partial charge on any atom is -0.481 e. The molecule has 22 heavy (non-hydrogen) atoms. The zero-order valence-corrected chi connectivity index (χ0v) is 13.2. The van der Waals surface area contributed by atoms with Gasteiger partial charge in [0.2, 0.25) is 0 Å². The summed E-state index contributed by atoms with van der Waals surface area (Å²) >= 11 is 0. The normalized spacial score (nSPS) is 19.0. The minimum atomic E-state index is -0.763. The van der Waals surface area contributed by atoms with Gasteiger partial charge in [-0.05, 0) is 36.5 Å². The van der Waals surface area contributed by atoms with Crippen LogP contribution in [0.1, 0.15) is 50.3 Å². The first-order valence-electron chi connectivity index (χ1n) is 7.85. The van der Waals surface area contributed by atoms with Crippen LogP contribution in [0.15, 0.2) is 30.3 Å². The molecule has 1 heterocycles. The van der Waals surface area contributed by atoms with Gasteiger partial charge in [0.1, 0.15) is 6.10 Å². The summed E-state index contributed by atoms with van der Waals surface area (Å²) in [5, 5.41) is 8.78. The number of epoxide rings is 1. The summed E-state index contributed by atoms with van der Waals surface area (Å²) in [5.41, 5.74) is 3.47. The molecule has 0 unspecified atom stereocenters. The highest BCUT2D eigenvalue weighted by atomic mass is 16.6. The molecule has 1 aliphatic heterocycles. The molecule has 1 aliphatic rings. The van der Waals surface area contributed by atoms with Gasteiger partial charge in [-0.3, -0.25) is 4.79 Å². The highest BCUT2D eigenvalue weighted by molar-refractivity contribution is 5.70. The number of allylic oxidation sites excluding steroid dienone is 2. The first kappa shape index (κ1) is 16.7. The minimum absolute atomic E-state index is 0.00479. The Morgan fingerprint density at radius 1 is 1.50 bits per heavy atom. The van der Waals surface area contributed by atoms with Crippen molar-refractivity contribution in [1.29, 1.82) is 0 Å². The number of hydrogen-bond acceptors (Lipinski definition) is 3. The average Bonchev–Trinajstić information content (AvgIpc) is 3.33. The Hall–Kier alpha value is -1.65. The van der Waals surface area contributed by atoms with E-state index in [2.05, 4.69) is 19.1 Å². The van der Waals surface area contributed by atoms with Crippen molar-refractivity contribution in [3.05, 3.63) is 41.5 Å². The maximum Gasteiger partial charge on any atom is 0.303 e. The van der Waals surface area contributed by atoms with Crippen LogP contribution in [0.25, 0.3) is 5.57 Å². The Kier molecular flexibility index (Phi) is 6.16. The smallest absolute Gasteiger partial charge is 0.303 e. The van der Waals surface area contributed by atoms with E-state index < -0.39 is 5.97 Å². The average molecular weight is 304 g/mol. The van der Waals surface area contributed by atoms with Crippen LogP contribution in [0.5, 0.6) is 0 Å². The van der Waals surface area contributed by atoms with Crippen LogP contribution in [0, 0.1) is 0 Å². The topological polar surface area (TPSA) is 59.1 Å². The fourth-order valence-electron chi connectivity index (χ4n) is 2.46. The first-order valence-corrected chi connectivity index (χ1v) is 7.85. The summed E-state index contributed by atoms with van der Waals surface area (Å²) in [6.45, 7) is 5.56. The lowest BCUT2D eigenvalue weighted by atomic mass is 9.94. The largest absolute Gasteiger partial charge is 0.481 e. The molecular weight excluding hydrogens is 280 g/mol. The number of carbonyl (C=O) groups is 1. The van der Waals surface area contributed by atoms with E-state index in [0.29, 0.717) is 13.0 Å². The Morgan fingerprint density at radius 3 is 2.86 bits per heavy atom. The monoisotopic (exact) mass is 304 g/mol.